The standard InChI is InChI=1S/C9H9N.C9H7N/c1-7-2-3-9-8(6-7)4-5-10-9;1-2-6-9-8(4-1)5-3-7-10-9/h2-7H,1H3;1-7H. The molecule has 2 heterocycles. The van der Waals surface area contributed by atoms with Gasteiger partial charge in [0, 0.05) is 17.8 Å². The Morgan fingerprint density at radius 3 is 2.75 bits per heavy atom. The van der Waals surface area contributed by atoms with Gasteiger partial charge in [0.25, 0.3) is 0 Å². The summed E-state index contributed by atoms with van der Waals surface area (Å²) in [7, 11) is 0. The predicted molar refractivity (Wildman–Crippen MR) is 84.7 cm³/mol. The molecule has 0 radical (unpaired) electrons. The van der Waals surface area contributed by atoms with E-state index in [1.165, 1.54) is 11.0 Å². The van der Waals surface area contributed by atoms with Gasteiger partial charge in [-0.1, -0.05) is 43.3 Å². The Labute approximate surface area is 118 Å². The summed E-state index contributed by atoms with van der Waals surface area (Å²) < 4.78 is 0. The highest BCUT2D eigenvalue weighted by molar-refractivity contribution is 6.12. The van der Waals surface area contributed by atoms with E-state index in [1.54, 1.807) is 0 Å². The molecule has 0 saturated heterocycles. The number of rotatable bonds is 0. The highest BCUT2D eigenvalue weighted by atomic mass is 14.7. The van der Waals surface area contributed by atoms with Crippen LogP contribution in [-0.4, -0.2) is 10.7 Å². The van der Waals surface area contributed by atoms with E-state index in [0.717, 1.165) is 11.2 Å². The average molecular weight is 260 g/mol. The third kappa shape index (κ3) is 2.75. The molecule has 1 aliphatic carbocycles. The topological polar surface area (TPSA) is 25.2 Å². The third-order valence-corrected chi connectivity index (χ3v) is 3.28. The second kappa shape index (κ2) is 5.66. The summed E-state index contributed by atoms with van der Waals surface area (Å²) in [4.78, 5) is 8.35. The van der Waals surface area contributed by atoms with E-state index in [2.05, 4.69) is 53.3 Å². The Balaban J connectivity index is 0.000000121. The molecule has 20 heavy (non-hydrogen) atoms. The van der Waals surface area contributed by atoms with Crippen LogP contribution in [0.1, 0.15) is 6.92 Å². The molecule has 0 N–H and O–H groups in total. The summed E-state index contributed by atoms with van der Waals surface area (Å²) in [5, 5.41) is 1.20. The SMILES string of the molecule is CC1C=CC2=NC=CC2=C1.c1ccc2ncccc2c1. The van der Waals surface area contributed by atoms with Gasteiger partial charge >= 0.3 is 0 Å². The van der Waals surface area contributed by atoms with Crippen molar-refractivity contribution >= 4 is 16.6 Å². The van der Waals surface area contributed by atoms with E-state index in [0.29, 0.717) is 5.92 Å². The maximum Gasteiger partial charge on any atom is 0.0701 e. The number of benzene rings is 1. The van der Waals surface area contributed by atoms with Crippen molar-refractivity contribution in [3.05, 3.63) is 78.7 Å². The Morgan fingerprint density at radius 1 is 1.00 bits per heavy atom. The fourth-order valence-corrected chi connectivity index (χ4v) is 2.24. The van der Waals surface area contributed by atoms with Crippen LogP contribution >= 0.6 is 0 Å². The maximum absolute atomic E-state index is 4.18. The first-order valence-electron chi connectivity index (χ1n) is 6.77. The molecule has 0 spiro atoms. The first-order valence-corrected chi connectivity index (χ1v) is 6.77. The van der Waals surface area contributed by atoms with E-state index >= 15 is 0 Å². The van der Waals surface area contributed by atoms with E-state index in [9.17, 15) is 0 Å². The quantitative estimate of drug-likeness (QED) is 0.692. The predicted octanol–water partition coefficient (Wildman–Crippen LogP) is 4.32. The molecule has 4 rings (SSSR count). The number of fused-ring (bicyclic) bond motifs is 2. The van der Waals surface area contributed by atoms with Gasteiger partial charge in [0.15, 0.2) is 0 Å². The van der Waals surface area contributed by atoms with Crippen molar-refractivity contribution in [2.75, 3.05) is 0 Å². The van der Waals surface area contributed by atoms with Crippen LogP contribution in [0.3, 0.4) is 0 Å². The molecule has 2 heteroatoms. The van der Waals surface area contributed by atoms with Gasteiger partial charge in [-0.3, -0.25) is 9.98 Å². The number of allylic oxidation sites excluding steroid dienone is 5. The summed E-state index contributed by atoms with van der Waals surface area (Å²) >= 11 is 0. The minimum Gasteiger partial charge on any atom is -0.256 e. The summed E-state index contributed by atoms with van der Waals surface area (Å²) in [6.07, 6.45) is 12.2. The number of pyridine rings is 1. The number of hydrogen-bond donors (Lipinski definition) is 0. The molecular formula is C18H16N2. The zero-order valence-electron chi connectivity index (χ0n) is 11.4. The average Bonchev–Trinajstić information content (AvgIpc) is 2.95. The van der Waals surface area contributed by atoms with Crippen molar-refractivity contribution in [1.82, 2.24) is 4.98 Å². The van der Waals surface area contributed by atoms with Crippen molar-refractivity contribution in [2.45, 2.75) is 6.92 Å². The molecule has 1 aromatic carbocycles. The van der Waals surface area contributed by atoms with Gasteiger partial charge < -0.3 is 0 Å². The minimum atomic E-state index is 0.566. The molecule has 0 fully saturated rings. The van der Waals surface area contributed by atoms with Crippen LogP contribution in [0.5, 0.6) is 0 Å². The van der Waals surface area contributed by atoms with Gasteiger partial charge in [0.05, 0.1) is 11.2 Å². The van der Waals surface area contributed by atoms with Gasteiger partial charge in [0.1, 0.15) is 0 Å². The van der Waals surface area contributed by atoms with Gasteiger partial charge in [-0.05, 0) is 35.8 Å². The molecular weight excluding hydrogens is 244 g/mol. The molecule has 98 valence electrons. The minimum absolute atomic E-state index is 0.566. The number of para-hydroxylation sites is 1. The molecule has 1 aliphatic heterocycles. The second-order valence-electron chi connectivity index (χ2n) is 4.87. The molecule has 1 unspecified atom stereocenters. The van der Waals surface area contributed by atoms with Gasteiger partial charge in [-0.25, -0.2) is 0 Å². The third-order valence-electron chi connectivity index (χ3n) is 3.28. The fraction of sp³-hybridized carbons (Fsp3) is 0.111. The van der Waals surface area contributed by atoms with Crippen molar-refractivity contribution in [1.29, 1.82) is 0 Å². The van der Waals surface area contributed by atoms with E-state index in [-0.39, 0.29) is 0 Å². The molecule has 1 aromatic heterocycles. The second-order valence-corrected chi connectivity index (χ2v) is 4.87. The molecule has 0 bridgehead atoms. The lowest BCUT2D eigenvalue weighted by atomic mass is 9.98. The lowest BCUT2D eigenvalue weighted by Crippen LogP contribution is -2.01. The van der Waals surface area contributed by atoms with Crippen molar-refractivity contribution in [3.63, 3.8) is 0 Å². The molecule has 0 amide bonds. The Bertz CT molecular complexity index is 670. The van der Waals surface area contributed by atoms with E-state index in [4.69, 9.17) is 0 Å². The highest BCUT2D eigenvalue weighted by Crippen LogP contribution is 2.18. The van der Waals surface area contributed by atoms with E-state index in [1.807, 2.05) is 36.7 Å². The molecule has 2 aliphatic rings. The number of hydrogen-bond acceptors (Lipinski definition) is 2. The van der Waals surface area contributed by atoms with Crippen LogP contribution in [0.25, 0.3) is 10.9 Å². The molecule has 1 atom stereocenters. The van der Waals surface area contributed by atoms with Crippen LogP contribution < -0.4 is 0 Å². The van der Waals surface area contributed by atoms with Gasteiger partial charge in [-0.15, -0.1) is 0 Å². The summed E-state index contributed by atoms with van der Waals surface area (Å²) in [6.45, 7) is 2.17. The smallest absolute Gasteiger partial charge is 0.0701 e. The first kappa shape index (κ1) is 12.5. The van der Waals surface area contributed by atoms with Gasteiger partial charge in [-0.2, -0.15) is 0 Å². The lowest BCUT2D eigenvalue weighted by molar-refractivity contribution is 0.932. The van der Waals surface area contributed by atoms with Gasteiger partial charge in [0.2, 0.25) is 0 Å². The van der Waals surface area contributed by atoms with Crippen LogP contribution in [0, 0.1) is 5.92 Å². The number of nitrogens with zero attached hydrogens (tertiary/aromatic N) is 2. The molecule has 2 nitrogen and oxygen atoms in total. The zero-order chi connectivity index (χ0) is 13.8. The number of aliphatic imine (C=N–C) groups is 1. The van der Waals surface area contributed by atoms with Crippen LogP contribution in [0.4, 0.5) is 0 Å². The monoisotopic (exact) mass is 260 g/mol. The highest BCUT2D eigenvalue weighted by Gasteiger charge is 2.10. The van der Waals surface area contributed by atoms with Crippen molar-refractivity contribution in [2.24, 2.45) is 10.9 Å². The maximum atomic E-state index is 4.18. The Kier molecular flexibility index (Phi) is 3.55. The Hall–Kier alpha value is -2.48. The van der Waals surface area contributed by atoms with Crippen LogP contribution in [0.2, 0.25) is 0 Å². The fourth-order valence-electron chi connectivity index (χ4n) is 2.24. The molecule has 0 saturated carbocycles. The largest absolute Gasteiger partial charge is 0.256 e. The van der Waals surface area contributed by atoms with E-state index < -0.39 is 0 Å². The summed E-state index contributed by atoms with van der Waals surface area (Å²) in [5.41, 5.74) is 3.44. The van der Waals surface area contributed by atoms with Crippen molar-refractivity contribution < 1.29 is 0 Å². The number of aromatic nitrogens is 1. The molecule has 2 aromatic rings. The lowest BCUT2D eigenvalue weighted by Gasteiger charge is -2.07. The van der Waals surface area contributed by atoms with Crippen molar-refractivity contribution in [3.8, 4) is 0 Å². The van der Waals surface area contributed by atoms with Crippen LogP contribution in [-0.2, 0) is 0 Å². The zero-order valence-corrected chi connectivity index (χ0v) is 11.4. The first-order chi connectivity index (χ1) is 9.83. The van der Waals surface area contributed by atoms with Crippen LogP contribution in [0.15, 0.2) is 83.7 Å². The Morgan fingerprint density at radius 2 is 1.85 bits per heavy atom. The summed E-state index contributed by atoms with van der Waals surface area (Å²) in [6, 6.07) is 12.1. The normalized spacial score (nSPS) is 18.9. The summed E-state index contributed by atoms with van der Waals surface area (Å²) in [5.74, 6) is 0.566.